The van der Waals surface area contributed by atoms with Gasteiger partial charge < -0.3 is 21.5 Å². The standard InChI is InChI=1S/C9H16N6O/c10-7-13-8(11)15-9(14-7)12-5-6-1-3-16-4-2-6/h6H,1-5H2,(H5,10,11,12,13,14,15). The van der Waals surface area contributed by atoms with Crippen molar-refractivity contribution >= 4 is 17.8 Å². The van der Waals surface area contributed by atoms with Crippen molar-refractivity contribution in [2.75, 3.05) is 36.5 Å². The average molecular weight is 224 g/mol. The molecule has 0 spiro atoms. The SMILES string of the molecule is Nc1nc(N)nc(NCC2CCOCC2)n1. The van der Waals surface area contributed by atoms with Gasteiger partial charge >= 0.3 is 0 Å². The lowest BCUT2D eigenvalue weighted by Crippen LogP contribution is -2.23. The molecule has 7 heteroatoms. The highest BCUT2D eigenvalue weighted by molar-refractivity contribution is 5.36. The van der Waals surface area contributed by atoms with E-state index >= 15 is 0 Å². The number of nitrogen functional groups attached to an aromatic ring is 2. The molecule has 7 nitrogen and oxygen atoms in total. The smallest absolute Gasteiger partial charge is 0.229 e. The van der Waals surface area contributed by atoms with Crippen LogP contribution in [0.2, 0.25) is 0 Å². The van der Waals surface area contributed by atoms with E-state index in [2.05, 4.69) is 20.3 Å². The van der Waals surface area contributed by atoms with Gasteiger partial charge in [0.2, 0.25) is 17.8 Å². The molecule has 16 heavy (non-hydrogen) atoms. The highest BCUT2D eigenvalue weighted by Crippen LogP contribution is 2.15. The van der Waals surface area contributed by atoms with E-state index in [9.17, 15) is 0 Å². The molecule has 0 atom stereocenters. The summed E-state index contributed by atoms with van der Waals surface area (Å²) < 4.78 is 5.28. The molecular weight excluding hydrogens is 208 g/mol. The maximum Gasteiger partial charge on any atom is 0.229 e. The second kappa shape index (κ2) is 4.93. The highest BCUT2D eigenvalue weighted by atomic mass is 16.5. The summed E-state index contributed by atoms with van der Waals surface area (Å²) in [4.78, 5) is 11.6. The summed E-state index contributed by atoms with van der Waals surface area (Å²) in [6.45, 7) is 2.47. The van der Waals surface area contributed by atoms with E-state index in [-0.39, 0.29) is 11.9 Å². The van der Waals surface area contributed by atoms with Crippen molar-refractivity contribution in [2.45, 2.75) is 12.8 Å². The second-order valence-electron chi connectivity index (χ2n) is 3.81. The van der Waals surface area contributed by atoms with Crippen LogP contribution in [0.3, 0.4) is 0 Å². The zero-order valence-electron chi connectivity index (χ0n) is 9.02. The van der Waals surface area contributed by atoms with Gasteiger partial charge in [-0.2, -0.15) is 15.0 Å². The monoisotopic (exact) mass is 224 g/mol. The number of ether oxygens (including phenoxy) is 1. The van der Waals surface area contributed by atoms with Gasteiger partial charge in [-0.1, -0.05) is 0 Å². The molecule has 0 aromatic carbocycles. The van der Waals surface area contributed by atoms with E-state index in [0.29, 0.717) is 11.9 Å². The predicted molar refractivity (Wildman–Crippen MR) is 60.7 cm³/mol. The number of aromatic nitrogens is 3. The van der Waals surface area contributed by atoms with Gasteiger partial charge in [0, 0.05) is 19.8 Å². The Labute approximate surface area is 93.6 Å². The first kappa shape index (κ1) is 10.9. The Bertz CT molecular complexity index is 332. The molecular formula is C9H16N6O. The normalized spacial score (nSPS) is 17.2. The number of hydrogen-bond acceptors (Lipinski definition) is 7. The van der Waals surface area contributed by atoms with E-state index in [1.165, 1.54) is 0 Å². The Balaban J connectivity index is 1.88. The fourth-order valence-electron chi connectivity index (χ4n) is 1.67. The molecule has 1 aromatic heterocycles. The fraction of sp³-hybridized carbons (Fsp3) is 0.667. The summed E-state index contributed by atoms with van der Waals surface area (Å²) in [6.07, 6.45) is 2.12. The van der Waals surface area contributed by atoms with Crippen LogP contribution in [0.1, 0.15) is 12.8 Å². The van der Waals surface area contributed by atoms with Gasteiger partial charge in [-0.15, -0.1) is 0 Å². The second-order valence-corrected chi connectivity index (χ2v) is 3.81. The Morgan fingerprint density at radius 2 is 1.75 bits per heavy atom. The van der Waals surface area contributed by atoms with Crippen molar-refractivity contribution < 1.29 is 4.74 Å². The quantitative estimate of drug-likeness (QED) is 0.655. The molecule has 88 valence electrons. The van der Waals surface area contributed by atoms with Gasteiger partial charge in [0.1, 0.15) is 0 Å². The molecule has 0 radical (unpaired) electrons. The van der Waals surface area contributed by atoms with E-state index in [4.69, 9.17) is 16.2 Å². The molecule has 0 aliphatic carbocycles. The maximum absolute atomic E-state index is 5.47. The molecule has 0 bridgehead atoms. The number of nitrogens with one attached hydrogen (secondary N) is 1. The van der Waals surface area contributed by atoms with Gasteiger partial charge in [0.25, 0.3) is 0 Å². The van der Waals surface area contributed by atoms with Crippen molar-refractivity contribution in [3.63, 3.8) is 0 Å². The first-order valence-electron chi connectivity index (χ1n) is 5.32. The molecule has 0 saturated carbocycles. The third-order valence-electron chi connectivity index (χ3n) is 2.56. The van der Waals surface area contributed by atoms with Crippen LogP contribution in [-0.4, -0.2) is 34.7 Å². The lowest BCUT2D eigenvalue weighted by atomic mass is 10.0. The topological polar surface area (TPSA) is 112 Å². The number of nitrogens with zero attached hydrogens (tertiary/aromatic N) is 3. The number of nitrogens with two attached hydrogens (primary N) is 2. The van der Waals surface area contributed by atoms with Crippen LogP contribution < -0.4 is 16.8 Å². The molecule has 1 aliphatic rings. The van der Waals surface area contributed by atoms with Crippen LogP contribution in [0.25, 0.3) is 0 Å². The van der Waals surface area contributed by atoms with Crippen molar-refractivity contribution in [1.29, 1.82) is 0 Å². The minimum absolute atomic E-state index is 0.141. The lowest BCUT2D eigenvalue weighted by Gasteiger charge is -2.22. The molecule has 2 heterocycles. The summed E-state index contributed by atoms with van der Waals surface area (Å²) in [5.41, 5.74) is 10.9. The van der Waals surface area contributed by atoms with E-state index in [1.54, 1.807) is 0 Å². The fourth-order valence-corrected chi connectivity index (χ4v) is 1.67. The molecule has 1 aromatic rings. The van der Waals surface area contributed by atoms with Crippen molar-refractivity contribution in [3.05, 3.63) is 0 Å². The summed E-state index contributed by atoms with van der Waals surface area (Å²) >= 11 is 0. The Morgan fingerprint density at radius 1 is 1.12 bits per heavy atom. The van der Waals surface area contributed by atoms with Crippen LogP contribution >= 0.6 is 0 Å². The number of rotatable bonds is 3. The van der Waals surface area contributed by atoms with E-state index in [1.807, 2.05) is 0 Å². The van der Waals surface area contributed by atoms with E-state index < -0.39 is 0 Å². The minimum Gasteiger partial charge on any atom is -0.381 e. The van der Waals surface area contributed by atoms with Crippen LogP contribution in [0, 0.1) is 5.92 Å². The molecule has 1 fully saturated rings. The van der Waals surface area contributed by atoms with Crippen LogP contribution in [0.4, 0.5) is 17.8 Å². The molecule has 0 unspecified atom stereocenters. The van der Waals surface area contributed by atoms with Crippen LogP contribution in [-0.2, 0) is 4.74 Å². The molecule has 0 amide bonds. The van der Waals surface area contributed by atoms with Gasteiger partial charge in [-0.05, 0) is 18.8 Å². The predicted octanol–water partition coefficient (Wildman–Crippen LogP) is -0.126. The Morgan fingerprint density at radius 3 is 2.38 bits per heavy atom. The molecule has 1 aliphatic heterocycles. The summed E-state index contributed by atoms with van der Waals surface area (Å²) in [7, 11) is 0. The van der Waals surface area contributed by atoms with Gasteiger partial charge in [-0.25, -0.2) is 0 Å². The third-order valence-corrected chi connectivity index (χ3v) is 2.56. The van der Waals surface area contributed by atoms with Crippen molar-refractivity contribution in [3.8, 4) is 0 Å². The summed E-state index contributed by atoms with van der Waals surface area (Å²) in [5.74, 6) is 1.31. The number of hydrogen-bond donors (Lipinski definition) is 3. The molecule has 5 N–H and O–H groups in total. The first-order valence-corrected chi connectivity index (χ1v) is 5.32. The molecule has 2 rings (SSSR count). The average Bonchev–Trinajstić information content (AvgIpc) is 2.27. The van der Waals surface area contributed by atoms with Crippen molar-refractivity contribution in [2.24, 2.45) is 5.92 Å². The number of anilines is 3. The minimum atomic E-state index is 0.141. The first-order chi connectivity index (χ1) is 7.74. The maximum atomic E-state index is 5.47. The van der Waals surface area contributed by atoms with Crippen LogP contribution in [0.5, 0.6) is 0 Å². The summed E-state index contributed by atoms with van der Waals surface area (Å²) in [6, 6.07) is 0. The summed E-state index contributed by atoms with van der Waals surface area (Å²) in [5, 5.41) is 3.12. The molecule has 1 saturated heterocycles. The Kier molecular flexibility index (Phi) is 3.35. The van der Waals surface area contributed by atoms with Gasteiger partial charge in [-0.3, -0.25) is 0 Å². The third kappa shape index (κ3) is 2.93. The van der Waals surface area contributed by atoms with Gasteiger partial charge in [0.05, 0.1) is 0 Å². The van der Waals surface area contributed by atoms with E-state index in [0.717, 1.165) is 32.6 Å². The zero-order valence-corrected chi connectivity index (χ0v) is 9.02. The Hall–Kier alpha value is -1.63. The van der Waals surface area contributed by atoms with Crippen LogP contribution in [0.15, 0.2) is 0 Å². The highest BCUT2D eigenvalue weighted by Gasteiger charge is 2.14. The lowest BCUT2D eigenvalue weighted by molar-refractivity contribution is 0.0699. The van der Waals surface area contributed by atoms with Gasteiger partial charge in [0.15, 0.2) is 0 Å². The zero-order chi connectivity index (χ0) is 11.4. The van der Waals surface area contributed by atoms with Crippen molar-refractivity contribution in [1.82, 2.24) is 15.0 Å². The largest absolute Gasteiger partial charge is 0.381 e.